The number of nitrogens with zero attached hydrogens (tertiary/aromatic N) is 8. The molecule has 266 valence electrons. The summed E-state index contributed by atoms with van der Waals surface area (Å²) in [7, 11) is 0. The number of anilines is 2. The highest BCUT2D eigenvalue weighted by Gasteiger charge is 2.30. The third-order valence-corrected chi connectivity index (χ3v) is 9.51. The maximum absolute atomic E-state index is 13.6. The minimum atomic E-state index is -3.09. The third kappa shape index (κ3) is 7.59. The first-order valence-corrected chi connectivity index (χ1v) is 17.2. The molecule has 2 aliphatic rings. The van der Waals surface area contributed by atoms with E-state index < -0.39 is 12.5 Å². The number of carbonyl (C=O) groups excluding carboxylic acids is 2. The number of carbonyl (C=O) groups is 2. The Labute approximate surface area is 297 Å². The maximum Gasteiger partial charge on any atom is 0.387 e. The number of amides is 3. The summed E-state index contributed by atoms with van der Waals surface area (Å²) in [5, 5.41) is 12.1. The van der Waals surface area contributed by atoms with Crippen molar-refractivity contribution in [2.75, 3.05) is 50.3 Å². The van der Waals surface area contributed by atoms with Crippen molar-refractivity contribution < 1.29 is 23.1 Å². The van der Waals surface area contributed by atoms with Crippen molar-refractivity contribution >= 4 is 40.7 Å². The number of alkyl halides is 2. The van der Waals surface area contributed by atoms with Gasteiger partial charge in [0.1, 0.15) is 17.0 Å². The molecule has 0 atom stereocenters. The molecule has 0 aliphatic carbocycles. The minimum absolute atomic E-state index is 0.0180. The van der Waals surface area contributed by atoms with Crippen molar-refractivity contribution in [3.63, 3.8) is 0 Å². The molecule has 2 aliphatic heterocycles. The van der Waals surface area contributed by atoms with Crippen LogP contribution in [0.1, 0.15) is 41.2 Å². The Balaban J connectivity index is 1.03. The van der Waals surface area contributed by atoms with Gasteiger partial charge in [-0.25, -0.2) is 14.3 Å². The normalized spacial score (nSPS) is 15.7. The fraction of sp³-hybridized carbons (Fsp3) is 0.343. The quantitative estimate of drug-likeness (QED) is 0.169. The second kappa shape index (κ2) is 14.9. The molecule has 0 unspecified atom stereocenters. The van der Waals surface area contributed by atoms with Crippen molar-refractivity contribution in [3.8, 4) is 17.0 Å². The molecular formula is C35H37ClF2N10O3. The Morgan fingerprint density at radius 3 is 2.59 bits per heavy atom. The summed E-state index contributed by atoms with van der Waals surface area (Å²) >= 11 is 6.30. The van der Waals surface area contributed by atoms with Gasteiger partial charge in [-0.1, -0.05) is 41.9 Å². The summed E-state index contributed by atoms with van der Waals surface area (Å²) in [4.78, 5) is 37.0. The van der Waals surface area contributed by atoms with Crippen molar-refractivity contribution in [2.24, 2.45) is 0 Å². The van der Waals surface area contributed by atoms with Crippen LogP contribution in [0.3, 0.4) is 0 Å². The number of ether oxygens (including phenoxy) is 1. The second-order valence-corrected chi connectivity index (χ2v) is 13.0. The highest BCUT2D eigenvalue weighted by atomic mass is 35.5. The van der Waals surface area contributed by atoms with Gasteiger partial charge in [0.05, 0.1) is 11.7 Å². The molecule has 5 heterocycles. The first-order chi connectivity index (χ1) is 24.7. The van der Waals surface area contributed by atoms with Crippen LogP contribution in [-0.2, 0) is 6.54 Å². The Morgan fingerprint density at radius 2 is 1.80 bits per heavy atom. The second-order valence-electron chi connectivity index (χ2n) is 12.6. The fourth-order valence-electron chi connectivity index (χ4n) is 6.74. The Bertz CT molecular complexity index is 2020. The van der Waals surface area contributed by atoms with E-state index in [-0.39, 0.29) is 56.8 Å². The topological polar surface area (TPSA) is 139 Å². The van der Waals surface area contributed by atoms with E-state index in [9.17, 15) is 18.4 Å². The number of nitrogens with two attached hydrogens (primary N) is 1. The van der Waals surface area contributed by atoms with E-state index in [1.165, 1.54) is 28.9 Å². The van der Waals surface area contributed by atoms with Gasteiger partial charge in [0.15, 0.2) is 11.5 Å². The molecule has 0 spiro atoms. The smallest absolute Gasteiger partial charge is 0.387 e. The van der Waals surface area contributed by atoms with Gasteiger partial charge in [-0.3, -0.25) is 9.48 Å². The van der Waals surface area contributed by atoms with Crippen LogP contribution in [0.5, 0.6) is 5.75 Å². The molecule has 3 amide bonds. The number of aromatic nitrogens is 5. The molecule has 3 aromatic heterocycles. The number of likely N-dealkylation sites (tertiary alicyclic amines) is 1. The Kier molecular flexibility index (Phi) is 9.99. The highest BCUT2D eigenvalue weighted by Crippen LogP contribution is 2.38. The average Bonchev–Trinajstić information content (AvgIpc) is 3.80. The number of fused-ring (bicyclic) bond motifs is 1. The SMILES string of the molecule is Nc1nn2cccnc2c1C(=O)Nc1cn(C2CCN(CCCN3CCN(Cc4ccccc4)C3=O)CC2)nc1-c1cc(Cl)ccc1OC(F)F. The van der Waals surface area contributed by atoms with E-state index in [1.807, 2.05) is 40.1 Å². The standard InChI is InChI=1S/C35H37ClF2N10O3/c36-24-8-9-28(51-34(37)38)26(20-24)30-27(41-33(49)29-31(39)43-47-15-4-12-40-32(29)47)22-48(42-30)25-10-16-44(17-11-25)13-5-14-45-18-19-46(35(45)50)21-23-6-2-1-3-7-23/h1-4,6-9,12,15,20,22,25,34H,5,10-11,13-14,16-19,21H2,(H2,39,43)(H,41,49). The van der Waals surface area contributed by atoms with Gasteiger partial charge >= 0.3 is 12.6 Å². The van der Waals surface area contributed by atoms with E-state index in [4.69, 9.17) is 27.2 Å². The largest absolute Gasteiger partial charge is 0.434 e. The van der Waals surface area contributed by atoms with Crippen LogP contribution in [0.2, 0.25) is 5.02 Å². The Morgan fingerprint density at radius 1 is 1.02 bits per heavy atom. The lowest BCUT2D eigenvalue weighted by Gasteiger charge is -2.32. The van der Waals surface area contributed by atoms with E-state index in [2.05, 4.69) is 20.3 Å². The molecule has 5 aromatic rings. The first-order valence-electron chi connectivity index (χ1n) is 16.8. The number of urea groups is 1. The number of hydrogen-bond donors (Lipinski definition) is 2. The zero-order valence-corrected chi connectivity index (χ0v) is 28.4. The van der Waals surface area contributed by atoms with Crippen LogP contribution >= 0.6 is 11.6 Å². The molecule has 7 rings (SSSR count). The van der Waals surface area contributed by atoms with E-state index >= 15 is 0 Å². The molecule has 3 N–H and O–H groups in total. The van der Waals surface area contributed by atoms with Gasteiger partial charge in [0.25, 0.3) is 5.91 Å². The van der Waals surface area contributed by atoms with E-state index in [0.29, 0.717) is 13.1 Å². The fourth-order valence-corrected chi connectivity index (χ4v) is 6.92. The molecule has 13 nitrogen and oxygen atoms in total. The molecule has 0 radical (unpaired) electrons. The van der Waals surface area contributed by atoms with Crippen LogP contribution < -0.4 is 15.8 Å². The van der Waals surface area contributed by atoms with Gasteiger partial charge in [-0.15, -0.1) is 5.10 Å². The molecule has 0 bridgehead atoms. The van der Waals surface area contributed by atoms with Crippen LogP contribution in [0.4, 0.5) is 25.1 Å². The monoisotopic (exact) mass is 718 g/mol. The van der Waals surface area contributed by atoms with E-state index in [1.54, 1.807) is 23.1 Å². The lowest BCUT2D eigenvalue weighted by atomic mass is 10.1. The number of benzene rings is 2. The molecular weight excluding hydrogens is 682 g/mol. The summed E-state index contributed by atoms with van der Waals surface area (Å²) < 4.78 is 34.8. The van der Waals surface area contributed by atoms with Gasteiger partial charge in [0.2, 0.25) is 0 Å². The van der Waals surface area contributed by atoms with Gasteiger partial charge in [-0.2, -0.15) is 13.9 Å². The summed E-state index contributed by atoms with van der Waals surface area (Å²) in [6, 6.07) is 16.0. The highest BCUT2D eigenvalue weighted by molar-refractivity contribution is 6.31. The predicted octanol–water partition coefficient (Wildman–Crippen LogP) is 5.65. The van der Waals surface area contributed by atoms with Crippen LogP contribution in [0.15, 0.2) is 73.2 Å². The van der Waals surface area contributed by atoms with Crippen LogP contribution in [0, 0.1) is 0 Å². The molecule has 51 heavy (non-hydrogen) atoms. The Hall–Kier alpha value is -5.28. The number of nitrogen functional groups attached to an aromatic ring is 1. The van der Waals surface area contributed by atoms with Crippen molar-refractivity contribution in [1.82, 2.24) is 39.1 Å². The summed E-state index contributed by atoms with van der Waals surface area (Å²) in [6.45, 7) is 2.14. The van der Waals surface area contributed by atoms with Crippen molar-refractivity contribution in [3.05, 3.63) is 89.3 Å². The van der Waals surface area contributed by atoms with Gasteiger partial charge < -0.3 is 30.5 Å². The third-order valence-electron chi connectivity index (χ3n) is 9.27. The van der Waals surface area contributed by atoms with Crippen LogP contribution in [-0.4, -0.2) is 96.9 Å². The predicted molar refractivity (Wildman–Crippen MR) is 188 cm³/mol. The molecule has 2 saturated heterocycles. The molecule has 0 saturated carbocycles. The van der Waals surface area contributed by atoms with Gasteiger partial charge in [-0.05, 0) is 55.6 Å². The number of piperidine rings is 1. The number of nitrogens with one attached hydrogen (secondary N) is 1. The minimum Gasteiger partial charge on any atom is -0.434 e. The van der Waals surface area contributed by atoms with Crippen molar-refractivity contribution in [1.29, 1.82) is 0 Å². The molecule has 2 fully saturated rings. The summed E-state index contributed by atoms with van der Waals surface area (Å²) in [5.74, 6) is -0.743. The summed E-state index contributed by atoms with van der Waals surface area (Å²) in [5.41, 5.74) is 8.22. The van der Waals surface area contributed by atoms with E-state index in [0.717, 1.165) is 57.5 Å². The van der Waals surface area contributed by atoms with Crippen molar-refractivity contribution in [2.45, 2.75) is 38.5 Å². The zero-order valence-electron chi connectivity index (χ0n) is 27.7. The molecule has 16 heteroatoms. The van der Waals surface area contributed by atoms with Gasteiger partial charge in [0, 0.05) is 68.4 Å². The van der Waals surface area contributed by atoms with Crippen LogP contribution in [0.25, 0.3) is 16.9 Å². The maximum atomic E-state index is 13.6. The first kappa shape index (κ1) is 34.2. The lowest BCUT2D eigenvalue weighted by Crippen LogP contribution is -2.37. The average molecular weight is 719 g/mol. The number of rotatable bonds is 12. The number of halogens is 3. The zero-order chi connectivity index (χ0) is 35.5. The lowest BCUT2D eigenvalue weighted by molar-refractivity contribution is -0.0494. The number of hydrogen-bond acceptors (Lipinski definition) is 8. The molecule has 2 aromatic carbocycles. The summed E-state index contributed by atoms with van der Waals surface area (Å²) in [6.07, 6.45) is 7.23.